The third-order valence-electron chi connectivity index (χ3n) is 2.40. The largest absolute Gasteiger partial charge is 0.238 e. The van der Waals surface area contributed by atoms with Crippen molar-refractivity contribution in [2.45, 2.75) is 0 Å². The first kappa shape index (κ1) is 10.1. The standard InChI is InChI=1S/C8H9ClN6S/c1-13-4-10-8-14(9)3-5-6(15(8)13)12-7(11-5)16-2/h3H,4H2,1-2H3. The molecule has 0 saturated carbocycles. The zero-order valence-electron chi connectivity index (χ0n) is 8.75. The Morgan fingerprint density at radius 3 is 3.00 bits per heavy atom. The van der Waals surface area contributed by atoms with Crippen molar-refractivity contribution >= 4 is 40.5 Å². The average Bonchev–Trinajstić information content (AvgIpc) is 2.82. The van der Waals surface area contributed by atoms with E-state index in [1.807, 2.05) is 23.3 Å². The number of rotatable bonds is 0. The van der Waals surface area contributed by atoms with Gasteiger partial charge in [0.1, 0.15) is 12.4 Å². The highest BCUT2D eigenvalue weighted by atomic mass is 35.5. The Morgan fingerprint density at radius 2 is 2.25 bits per heavy atom. The summed E-state index contributed by atoms with van der Waals surface area (Å²) in [5.41, 5.74) is 0.770. The molecule has 0 aliphatic carbocycles. The molecule has 0 amide bonds. The third-order valence-corrected chi connectivity index (χ3v) is 3.20. The van der Waals surface area contributed by atoms with E-state index in [2.05, 4.69) is 15.0 Å². The number of nitrogens with zero attached hydrogens (tertiary/aromatic N) is 6. The van der Waals surface area contributed by atoms with Gasteiger partial charge in [-0.2, -0.15) is 5.01 Å². The quantitative estimate of drug-likeness (QED) is 0.605. The van der Waals surface area contributed by atoms with Crippen LogP contribution < -0.4 is 0 Å². The summed E-state index contributed by atoms with van der Waals surface area (Å²) >= 11 is 7.58. The molecule has 3 aliphatic heterocycles. The molecular weight excluding hydrogens is 248 g/mol. The fourth-order valence-electron chi connectivity index (χ4n) is 1.69. The van der Waals surface area contributed by atoms with Crippen molar-refractivity contribution in [3.63, 3.8) is 0 Å². The molecule has 0 spiro atoms. The molecule has 0 aromatic rings. The van der Waals surface area contributed by atoms with E-state index in [1.165, 1.54) is 16.2 Å². The van der Waals surface area contributed by atoms with Crippen molar-refractivity contribution in [1.82, 2.24) is 14.4 Å². The van der Waals surface area contributed by atoms with E-state index >= 15 is 0 Å². The predicted octanol–water partition coefficient (Wildman–Crippen LogP) is 0.904. The van der Waals surface area contributed by atoms with Crippen LogP contribution in [0, 0.1) is 0 Å². The second-order valence-corrected chi connectivity index (χ2v) is 4.57. The minimum absolute atomic E-state index is 0.577. The van der Waals surface area contributed by atoms with Gasteiger partial charge < -0.3 is 0 Å². The fourth-order valence-corrected chi connectivity index (χ4v) is 2.27. The van der Waals surface area contributed by atoms with E-state index in [9.17, 15) is 0 Å². The Hall–Kier alpha value is -1.05. The second-order valence-electron chi connectivity index (χ2n) is 3.43. The first-order valence-corrected chi connectivity index (χ1v) is 6.21. The van der Waals surface area contributed by atoms with Crippen LogP contribution in [0.3, 0.4) is 0 Å². The summed E-state index contributed by atoms with van der Waals surface area (Å²) in [5.74, 6) is 1.46. The molecule has 3 rings (SSSR count). The molecule has 0 aromatic heterocycles. The molecular formula is C8H9ClN6S. The summed E-state index contributed by atoms with van der Waals surface area (Å²) < 4.78 is 1.45. The Morgan fingerprint density at radius 1 is 1.44 bits per heavy atom. The average molecular weight is 257 g/mol. The van der Waals surface area contributed by atoms with Crippen LogP contribution in [-0.4, -0.2) is 51.4 Å². The maximum Gasteiger partial charge on any atom is 0.238 e. The van der Waals surface area contributed by atoms with Crippen LogP contribution in [0.5, 0.6) is 0 Å². The predicted molar refractivity (Wildman–Crippen MR) is 66.1 cm³/mol. The SMILES string of the molecule is CSC1=NC2=CN(Cl)C3=NCN(C)N3C2=N1. The zero-order chi connectivity index (χ0) is 11.3. The second kappa shape index (κ2) is 3.47. The van der Waals surface area contributed by atoms with E-state index in [-0.39, 0.29) is 0 Å². The molecule has 0 atom stereocenters. The lowest BCUT2D eigenvalue weighted by Crippen LogP contribution is -2.49. The van der Waals surface area contributed by atoms with E-state index in [0.29, 0.717) is 12.6 Å². The molecule has 84 valence electrons. The zero-order valence-corrected chi connectivity index (χ0v) is 10.3. The normalized spacial score (nSPS) is 23.7. The number of hydrazine groups is 1. The number of amidine groups is 2. The molecule has 16 heavy (non-hydrogen) atoms. The Bertz CT molecular complexity index is 467. The van der Waals surface area contributed by atoms with E-state index in [4.69, 9.17) is 11.8 Å². The lowest BCUT2D eigenvalue weighted by Gasteiger charge is -2.31. The monoisotopic (exact) mass is 256 g/mol. The maximum atomic E-state index is 6.07. The number of halogens is 1. The van der Waals surface area contributed by atoms with Gasteiger partial charge in [0, 0.05) is 18.8 Å². The molecule has 0 unspecified atom stereocenters. The van der Waals surface area contributed by atoms with Gasteiger partial charge in [0.05, 0.1) is 6.20 Å². The van der Waals surface area contributed by atoms with Crippen LogP contribution in [-0.2, 0) is 0 Å². The molecule has 0 aromatic carbocycles. The molecule has 0 radical (unpaired) electrons. The van der Waals surface area contributed by atoms with Crippen LogP contribution in [0.4, 0.5) is 0 Å². The molecule has 3 aliphatic rings. The van der Waals surface area contributed by atoms with Crippen LogP contribution in [0.1, 0.15) is 0 Å². The Balaban J connectivity index is 2.07. The number of fused-ring (bicyclic) bond motifs is 3. The minimum atomic E-state index is 0.577. The highest BCUT2D eigenvalue weighted by Crippen LogP contribution is 2.28. The van der Waals surface area contributed by atoms with Crippen LogP contribution >= 0.6 is 23.5 Å². The number of aliphatic imine (C=N–C) groups is 3. The molecule has 0 saturated heterocycles. The van der Waals surface area contributed by atoms with Gasteiger partial charge in [-0.15, -0.1) is 0 Å². The minimum Gasteiger partial charge on any atom is -0.232 e. The number of hydrogen-bond donors (Lipinski definition) is 0. The summed E-state index contributed by atoms with van der Waals surface area (Å²) in [7, 11) is 1.93. The van der Waals surface area contributed by atoms with Gasteiger partial charge in [-0.05, 0) is 6.26 Å². The maximum absolute atomic E-state index is 6.07. The summed E-state index contributed by atoms with van der Waals surface area (Å²) in [6.45, 7) is 0.577. The van der Waals surface area contributed by atoms with Crippen molar-refractivity contribution in [2.75, 3.05) is 20.0 Å². The summed E-state index contributed by atoms with van der Waals surface area (Å²) in [6.07, 6.45) is 3.68. The molecule has 8 heteroatoms. The van der Waals surface area contributed by atoms with E-state index in [0.717, 1.165) is 16.7 Å². The molecule has 0 fully saturated rings. The van der Waals surface area contributed by atoms with Gasteiger partial charge in [0.15, 0.2) is 11.0 Å². The Labute approximate surface area is 102 Å². The number of guanidine groups is 1. The van der Waals surface area contributed by atoms with Gasteiger partial charge in [0.2, 0.25) is 5.96 Å². The lowest BCUT2D eigenvalue weighted by atomic mass is 10.4. The van der Waals surface area contributed by atoms with Crippen LogP contribution in [0.2, 0.25) is 0 Å². The number of thioether (sulfide) groups is 1. The fraction of sp³-hybridized carbons (Fsp3) is 0.375. The van der Waals surface area contributed by atoms with Gasteiger partial charge in [-0.3, -0.25) is 0 Å². The molecule has 0 bridgehead atoms. The van der Waals surface area contributed by atoms with Crippen molar-refractivity contribution in [2.24, 2.45) is 15.0 Å². The van der Waals surface area contributed by atoms with Gasteiger partial charge >= 0.3 is 0 Å². The van der Waals surface area contributed by atoms with Crippen LogP contribution in [0.15, 0.2) is 26.9 Å². The molecule has 6 nitrogen and oxygen atoms in total. The highest BCUT2D eigenvalue weighted by Gasteiger charge is 2.38. The molecule has 0 N–H and O–H groups in total. The van der Waals surface area contributed by atoms with Gasteiger partial charge in [-0.25, -0.2) is 24.4 Å². The van der Waals surface area contributed by atoms with Crippen molar-refractivity contribution in [3.05, 3.63) is 11.9 Å². The van der Waals surface area contributed by atoms with E-state index < -0.39 is 0 Å². The summed E-state index contributed by atoms with van der Waals surface area (Å²) in [5, 5.41) is 4.55. The summed E-state index contributed by atoms with van der Waals surface area (Å²) in [6, 6.07) is 0. The third kappa shape index (κ3) is 1.28. The number of hydrogen-bond acceptors (Lipinski definition) is 7. The summed E-state index contributed by atoms with van der Waals surface area (Å²) in [4.78, 5) is 13.1. The first-order chi connectivity index (χ1) is 7.70. The van der Waals surface area contributed by atoms with Crippen LogP contribution in [0.25, 0.3) is 0 Å². The highest BCUT2D eigenvalue weighted by molar-refractivity contribution is 8.13. The van der Waals surface area contributed by atoms with Crippen molar-refractivity contribution < 1.29 is 0 Å². The smallest absolute Gasteiger partial charge is 0.232 e. The van der Waals surface area contributed by atoms with Crippen molar-refractivity contribution in [1.29, 1.82) is 0 Å². The molecule has 3 heterocycles. The van der Waals surface area contributed by atoms with Gasteiger partial charge in [-0.1, -0.05) is 11.8 Å². The van der Waals surface area contributed by atoms with Crippen molar-refractivity contribution in [3.8, 4) is 0 Å². The lowest BCUT2D eigenvalue weighted by molar-refractivity contribution is 0.176. The van der Waals surface area contributed by atoms with E-state index in [1.54, 1.807) is 6.20 Å². The first-order valence-electron chi connectivity index (χ1n) is 4.65. The Kier molecular flexibility index (Phi) is 2.20. The topological polar surface area (TPSA) is 46.8 Å². The van der Waals surface area contributed by atoms with Gasteiger partial charge in [0.25, 0.3) is 0 Å².